The van der Waals surface area contributed by atoms with E-state index in [1.54, 1.807) is 45.0 Å². The summed E-state index contributed by atoms with van der Waals surface area (Å²) >= 11 is 0. The lowest BCUT2D eigenvalue weighted by atomic mass is 10.0. The maximum absolute atomic E-state index is 11.8. The smallest absolute Gasteiger partial charge is 0.408 e. The number of carbonyl (C=O) groups is 1. The van der Waals surface area contributed by atoms with Gasteiger partial charge in [0.25, 0.3) is 0 Å². The molecular weight excluding hydrogens is 242 g/mol. The Morgan fingerprint density at radius 3 is 2.63 bits per heavy atom. The molecule has 19 heavy (non-hydrogen) atoms. The molecule has 0 aromatic heterocycles. The van der Waals surface area contributed by atoms with Crippen molar-refractivity contribution in [2.75, 3.05) is 0 Å². The van der Waals surface area contributed by atoms with E-state index in [9.17, 15) is 9.90 Å². The van der Waals surface area contributed by atoms with E-state index in [0.29, 0.717) is 12.0 Å². The second-order valence-corrected chi connectivity index (χ2v) is 5.28. The van der Waals surface area contributed by atoms with Gasteiger partial charge in [-0.2, -0.15) is 0 Å². The van der Waals surface area contributed by atoms with Crippen molar-refractivity contribution in [1.82, 2.24) is 5.32 Å². The predicted molar refractivity (Wildman–Crippen MR) is 75.0 cm³/mol. The quantitative estimate of drug-likeness (QED) is 0.817. The molecule has 0 fully saturated rings. The second kappa shape index (κ2) is 6.27. The third kappa shape index (κ3) is 5.04. The monoisotopic (exact) mass is 263 g/mol. The largest absolute Gasteiger partial charge is 0.508 e. The number of amides is 1. The van der Waals surface area contributed by atoms with Crippen LogP contribution in [0.25, 0.3) is 0 Å². The number of phenols is 1. The fraction of sp³-hybridized carbons (Fsp3) is 0.400. The van der Waals surface area contributed by atoms with Crippen LogP contribution >= 0.6 is 0 Å². The highest BCUT2D eigenvalue weighted by molar-refractivity contribution is 5.68. The Morgan fingerprint density at radius 1 is 1.47 bits per heavy atom. The van der Waals surface area contributed by atoms with Crippen molar-refractivity contribution in [3.63, 3.8) is 0 Å². The third-order valence-corrected chi connectivity index (χ3v) is 2.41. The van der Waals surface area contributed by atoms with Crippen LogP contribution in [0.1, 0.15) is 38.8 Å². The molecule has 2 N–H and O–H groups in total. The molecule has 0 aliphatic carbocycles. The summed E-state index contributed by atoms with van der Waals surface area (Å²) in [5.74, 6) is 0.144. The number of carbonyl (C=O) groups excluding carboxylic acids is 1. The molecule has 1 atom stereocenters. The molecule has 0 radical (unpaired) electrons. The Morgan fingerprint density at radius 2 is 2.11 bits per heavy atom. The molecule has 4 heteroatoms. The van der Waals surface area contributed by atoms with Gasteiger partial charge in [-0.15, -0.1) is 6.58 Å². The first-order valence-corrected chi connectivity index (χ1v) is 6.22. The summed E-state index contributed by atoms with van der Waals surface area (Å²) in [5.41, 5.74) is 0.0925. The van der Waals surface area contributed by atoms with E-state index in [1.165, 1.54) is 0 Å². The molecule has 0 spiro atoms. The van der Waals surface area contributed by atoms with Crippen molar-refractivity contribution < 1.29 is 14.6 Å². The van der Waals surface area contributed by atoms with E-state index in [-0.39, 0.29) is 11.8 Å². The van der Waals surface area contributed by atoms with Gasteiger partial charge in [-0.1, -0.05) is 24.3 Å². The molecule has 0 saturated carbocycles. The Bertz CT molecular complexity index is 449. The predicted octanol–water partition coefficient (Wildman–Crippen LogP) is 3.53. The molecule has 104 valence electrons. The number of nitrogens with one attached hydrogen (secondary N) is 1. The van der Waals surface area contributed by atoms with Crippen LogP contribution in [0.3, 0.4) is 0 Å². The van der Waals surface area contributed by atoms with Crippen molar-refractivity contribution in [3.05, 3.63) is 42.5 Å². The minimum Gasteiger partial charge on any atom is -0.508 e. The number of hydrogen-bond donors (Lipinski definition) is 2. The summed E-state index contributed by atoms with van der Waals surface area (Å²) in [6.45, 7) is 9.07. The number of alkyl carbamates (subject to hydrolysis) is 1. The maximum atomic E-state index is 11.8. The number of aromatic hydroxyl groups is 1. The fourth-order valence-electron chi connectivity index (χ4n) is 1.66. The topological polar surface area (TPSA) is 58.6 Å². The summed E-state index contributed by atoms with van der Waals surface area (Å²) < 4.78 is 5.21. The molecule has 0 unspecified atom stereocenters. The molecule has 1 amide bonds. The first-order valence-electron chi connectivity index (χ1n) is 6.22. The van der Waals surface area contributed by atoms with E-state index in [0.717, 1.165) is 0 Å². The van der Waals surface area contributed by atoms with Crippen LogP contribution in [0.5, 0.6) is 5.75 Å². The zero-order valence-corrected chi connectivity index (χ0v) is 11.6. The van der Waals surface area contributed by atoms with Crippen LogP contribution < -0.4 is 5.32 Å². The van der Waals surface area contributed by atoms with Gasteiger partial charge in [0.2, 0.25) is 0 Å². The van der Waals surface area contributed by atoms with Crippen molar-refractivity contribution in [2.24, 2.45) is 0 Å². The fourth-order valence-corrected chi connectivity index (χ4v) is 1.66. The van der Waals surface area contributed by atoms with Gasteiger partial charge in [0.1, 0.15) is 11.4 Å². The first kappa shape index (κ1) is 15.1. The van der Waals surface area contributed by atoms with Gasteiger partial charge < -0.3 is 15.2 Å². The summed E-state index contributed by atoms with van der Waals surface area (Å²) in [6, 6.07) is 6.54. The van der Waals surface area contributed by atoms with Crippen LogP contribution in [-0.4, -0.2) is 16.8 Å². The third-order valence-electron chi connectivity index (χ3n) is 2.41. The van der Waals surface area contributed by atoms with Crippen LogP contribution in [0.15, 0.2) is 36.9 Å². The van der Waals surface area contributed by atoms with Gasteiger partial charge in [0.05, 0.1) is 6.04 Å². The highest BCUT2D eigenvalue weighted by Gasteiger charge is 2.21. The van der Waals surface area contributed by atoms with E-state index >= 15 is 0 Å². The van der Waals surface area contributed by atoms with Gasteiger partial charge >= 0.3 is 6.09 Å². The molecule has 0 saturated heterocycles. The number of rotatable bonds is 4. The molecular formula is C15H21NO3. The maximum Gasteiger partial charge on any atom is 0.408 e. The lowest BCUT2D eigenvalue weighted by molar-refractivity contribution is 0.0503. The first-order chi connectivity index (χ1) is 8.83. The molecule has 4 nitrogen and oxygen atoms in total. The number of ether oxygens (including phenoxy) is 1. The standard InChI is InChI=1S/C15H21NO3/c1-5-8-12(11-9-6-7-10-13(11)17)16-14(18)19-15(2,3)4/h5-7,9-10,12,17H,1,8H2,2-4H3,(H,16,18)/t12-/m1/s1. The molecule has 1 aromatic rings. The molecule has 0 aliphatic rings. The minimum atomic E-state index is -0.554. The Balaban J connectivity index is 2.82. The van der Waals surface area contributed by atoms with Gasteiger partial charge in [0, 0.05) is 5.56 Å². The summed E-state index contributed by atoms with van der Waals surface area (Å²) in [6.07, 6.45) is 1.69. The van der Waals surface area contributed by atoms with E-state index in [2.05, 4.69) is 11.9 Å². The molecule has 0 bridgehead atoms. The van der Waals surface area contributed by atoms with Crippen molar-refractivity contribution in [2.45, 2.75) is 38.8 Å². The summed E-state index contributed by atoms with van der Waals surface area (Å²) in [5, 5.41) is 12.6. The van der Waals surface area contributed by atoms with Gasteiger partial charge in [-0.25, -0.2) is 4.79 Å². The number of hydrogen-bond acceptors (Lipinski definition) is 3. The van der Waals surface area contributed by atoms with Crippen molar-refractivity contribution in [3.8, 4) is 5.75 Å². The molecule has 1 aromatic carbocycles. The lowest BCUT2D eigenvalue weighted by Gasteiger charge is -2.23. The zero-order chi connectivity index (χ0) is 14.5. The van der Waals surface area contributed by atoms with E-state index < -0.39 is 11.7 Å². The molecule has 0 aliphatic heterocycles. The molecule has 0 heterocycles. The van der Waals surface area contributed by atoms with Crippen molar-refractivity contribution in [1.29, 1.82) is 0 Å². The Kier molecular flexibility index (Phi) is 4.98. The molecule has 1 rings (SSSR count). The number of para-hydroxylation sites is 1. The van der Waals surface area contributed by atoms with E-state index in [4.69, 9.17) is 4.74 Å². The van der Waals surface area contributed by atoms with Gasteiger partial charge in [-0.3, -0.25) is 0 Å². The SMILES string of the molecule is C=CC[C@@H](NC(=O)OC(C)(C)C)c1ccccc1O. The second-order valence-electron chi connectivity index (χ2n) is 5.28. The Labute approximate surface area is 114 Å². The lowest BCUT2D eigenvalue weighted by Crippen LogP contribution is -2.34. The normalized spacial score (nSPS) is 12.6. The van der Waals surface area contributed by atoms with Crippen LogP contribution in [0.2, 0.25) is 0 Å². The van der Waals surface area contributed by atoms with Gasteiger partial charge in [0.15, 0.2) is 0 Å². The average Bonchev–Trinajstić information content (AvgIpc) is 2.26. The minimum absolute atomic E-state index is 0.144. The average molecular weight is 263 g/mol. The van der Waals surface area contributed by atoms with Crippen LogP contribution in [0.4, 0.5) is 4.79 Å². The number of phenolic OH excluding ortho intramolecular Hbond substituents is 1. The van der Waals surface area contributed by atoms with Gasteiger partial charge in [-0.05, 0) is 33.3 Å². The summed E-state index contributed by atoms with van der Waals surface area (Å²) in [7, 11) is 0. The van der Waals surface area contributed by atoms with Crippen LogP contribution in [-0.2, 0) is 4.74 Å². The Hall–Kier alpha value is -1.97. The van der Waals surface area contributed by atoms with E-state index in [1.807, 2.05) is 6.07 Å². The van der Waals surface area contributed by atoms with Crippen molar-refractivity contribution >= 4 is 6.09 Å². The van der Waals surface area contributed by atoms with Crippen LogP contribution in [0, 0.1) is 0 Å². The highest BCUT2D eigenvalue weighted by atomic mass is 16.6. The summed E-state index contributed by atoms with van der Waals surface area (Å²) in [4.78, 5) is 11.8. The zero-order valence-electron chi connectivity index (χ0n) is 11.6. The highest BCUT2D eigenvalue weighted by Crippen LogP contribution is 2.26. The number of benzene rings is 1.